The SMILES string of the molecule is CCCC[C@@H](c1ccc(C)cc1Br)N1CCNCC1. The molecule has 3 heteroatoms. The van der Waals surface area contributed by atoms with Crippen LogP contribution >= 0.6 is 15.9 Å². The maximum absolute atomic E-state index is 3.76. The standard InChI is InChI=1S/C16H25BrN2/c1-3-4-5-16(19-10-8-18-9-11-19)14-7-6-13(2)12-15(14)17/h6-7,12,16,18H,3-5,8-11H2,1-2H3/t16-/m0/s1. The van der Waals surface area contributed by atoms with E-state index >= 15 is 0 Å². The molecule has 1 aliphatic heterocycles. The first-order chi connectivity index (χ1) is 9.22. The second kappa shape index (κ2) is 7.41. The highest BCUT2D eigenvalue weighted by Crippen LogP contribution is 2.32. The maximum Gasteiger partial charge on any atom is 0.0360 e. The fraction of sp³-hybridized carbons (Fsp3) is 0.625. The largest absolute Gasteiger partial charge is 0.314 e. The number of rotatable bonds is 5. The number of benzene rings is 1. The van der Waals surface area contributed by atoms with Crippen LogP contribution in [0.3, 0.4) is 0 Å². The van der Waals surface area contributed by atoms with E-state index in [1.165, 1.54) is 34.9 Å². The van der Waals surface area contributed by atoms with E-state index in [9.17, 15) is 0 Å². The van der Waals surface area contributed by atoms with Crippen LogP contribution in [0.5, 0.6) is 0 Å². The number of hydrogen-bond donors (Lipinski definition) is 1. The summed E-state index contributed by atoms with van der Waals surface area (Å²) in [6, 6.07) is 7.36. The Morgan fingerprint density at radius 2 is 2.05 bits per heavy atom. The van der Waals surface area contributed by atoms with Gasteiger partial charge in [-0.2, -0.15) is 0 Å². The third-order valence-corrected chi connectivity index (χ3v) is 4.63. The lowest BCUT2D eigenvalue weighted by molar-refractivity contribution is 0.162. The third kappa shape index (κ3) is 4.04. The first-order valence-corrected chi connectivity index (χ1v) is 8.22. The van der Waals surface area contributed by atoms with Crippen molar-refractivity contribution >= 4 is 15.9 Å². The van der Waals surface area contributed by atoms with Crippen LogP contribution in [0.15, 0.2) is 22.7 Å². The molecule has 0 saturated carbocycles. The lowest BCUT2D eigenvalue weighted by Crippen LogP contribution is -2.45. The van der Waals surface area contributed by atoms with Crippen molar-refractivity contribution in [2.75, 3.05) is 26.2 Å². The van der Waals surface area contributed by atoms with Crippen molar-refractivity contribution in [1.82, 2.24) is 10.2 Å². The number of aryl methyl sites for hydroxylation is 1. The summed E-state index contributed by atoms with van der Waals surface area (Å²) in [6.07, 6.45) is 3.83. The van der Waals surface area contributed by atoms with Gasteiger partial charge in [-0.1, -0.05) is 47.8 Å². The molecule has 0 spiro atoms. The molecule has 2 nitrogen and oxygen atoms in total. The Bertz CT molecular complexity index is 400. The van der Waals surface area contributed by atoms with Crippen molar-refractivity contribution in [3.8, 4) is 0 Å². The second-order valence-corrected chi connectivity index (χ2v) is 6.32. The molecule has 1 fully saturated rings. The summed E-state index contributed by atoms with van der Waals surface area (Å²) in [7, 11) is 0. The summed E-state index contributed by atoms with van der Waals surface area (Å²) in [5.41, 5.74) is 2.78. The minimum absolute atomic E-state index is 0.567. The molecule has 1 N–H and O–H groups in total. The number of halogens is 1. The summed E-state index contributed by atoms with van der Waals surface area (Å²) in [5, 5.41) is 3.45. The Labute approximate surface area is 125 Å². The summed E-state index contributed by atoms with van der Waals surface area (Å²) >= 11 is 3.76. The fourth-order valence-electron chi connectivity index (χ4n) is 2.83. The number of nitrogens with one attached hydrogen (secondary N) is 1. The number of nitrogens with zero attached hydrogens (tertiary/aromatic N) is 1. The predicted molar refractivity (Wildman–Crippen MR) is 85.6 cm³/mol. The number of hydrogen-bond acceptors (Lipinski definition) is 2. The Morgan fingerprint density at radius 1 is 1.32 bits per heavy atom. The molecule has 0 aliphatic carbocycles. The first kappa shape index (κ1) is 15.0. The zero-order valence-corrected chi connectivity index (χ0v) is 13.7. The van der Waals surface area contributed by atoms with Gasteiger partial charge in [0.05, 0.1) is 0 Å². The van der Waals surface area contributed by atoms with Gasteiger partial charge in [0.1, 0.15) is 0 Å². The number of piperazine rings is 1. The third-order valence-electron chi connectivity index (χ3n) is 3.94. The van der Waals surface area contributed by atoms with E-state index in [4.69, 9.17) is 0 Å². The topological polar surface area (TPSA) is 15.3 Å². The van der Waals surface area contributed by atoms with Crippen molar-refractivity contribution in [2.45, 2.75) is 39.2 Å². The molecular formula is C16H25BrN2. The van der Waals surface area contributed by atoms with E-state index in [2.05, 4.69) is 58.2 Å². The molecule has 1 aliphatic rings. The quantitative estimate of drug-likeness (QED) is 0.883. The minimum atomic E-state index is 0.567. The second-order valence-electron chi connectivity index (χ2n) is 5.47. The highest BCUT2D eigenvalue weighted by Gasteiger charge is 2.23. The van der Waals surface area contributed by atoms with Gasteiger partial charge in [0, 0.05) is 36.7 Å². The van der Waals surface area contributed by atoms with Crippen molar-refractivity contribution < 1.29 is 0 Å². The van der Waals surface area contributed by atoms with Gasteiger partial charge in [-0.15, -0.1) is 0 Å². The molecular weight excluding hydrogens is 300 g/mol. The van der Waals surface area contributed by atoms with Crippen molar-refractivity contribution in [2.24, 2.45) is 0 Å². The zero-order valence-electron chi connectivity index (χ0n) is 12.1. The molecule has 1 aromatic rings. The molecule has 0 aromatic heterocycles. The highest BCUT2D eigenvalue weighted by atomic mass is 79.9. The van der Waals surface area contributed by atoms with Gasteiger partial charge < -0.3 is 5.32 Å². The van der Waals surface area contributed by atoms with Crippen LogP contribution in [0, 0.1) is 6.92 Å². The van der Waals surface area contributed by atoms with Crippen molar-refractivity contribution in [1.29, 1.82) is 0 Å². The lowest BCUT2D eigenvalue weighted by atomic mass is 9.98. The van der Waals surface area contributed by atoms with E-state index in [1.807, 2.05) is 0 Å². The highest BCUT2D eigenvalue weighted by molar-refractivity contribution is 9.10. The minimum Gasteiger partial charge on any atom is -0.314 e. The van der Waals surface area contributed by atoms with Crippen molar-refractivity contribution in [3.05, 3.63) is 33.8 Å². The predicted octanol–water partition coefficient (Wildman–Crippen LogP) is 3.89. The Kier molecular flexibility index (Phi) is 5.86. The molecule has 1 heterocycles. The molecule has 19 heavy (non-hydrogen) atoms. The van der Waals surface area contributed by atoms with E-state index < -0.39 is 0 Å². The summed E-state index contributed by atoms with van der Waals surface area (Å²) in [6.45, 7) is 8.99. The maximum atomic E-state index is 3.76. The fourth-order valence-corrected chi connectivity index (χ4v) is 3.59. The van der Waals surface area contributed by atoms with Gasteiger partial charge >= 0.3 is 0 Å². The van der Waals surface area contributed by atoms with E-state index in [1.54, 1.807) is 0 Å². The summed E-state index contributed by atoms with van der Waals surface area (Å²) in [4.78, 5) is 2.64. The lowest BCUT2D eigenvalue weighted by Gasteiger charge is -2.36. The summed E-state index contributed by atoms with van der Waals surface area (Å²) in [5.74, 6) is 0. The molecule has 0 radical (unpaired) electrons. The molecule has 0 bridgehead atoms. The molecule has 1 saturated heterocycles. The Hall–Kier alpha value is -0.380. The molecule has 0 amide bonds. The normalized spacial score (nSPS) is 18.5. The number of unbranched alkanes of at least 4 members (excludes halogenated alkanes) is 1. The first-order valence-electron chi connectivity index (χ1n) is 7.43. The molecule has 1 aromatic carbocycles. The monoisotopic (exact) mass is 324 g/mol. The van der Waals surface area contributed by atoms with E-state index in [0.29, 0.717) is 6.04 Å². The van der Waals surface area contributed by atoms with Gasteiger partial charge in [0.25, 0.3) is 0 Å². The van der Waals surface area contributed by atoms with Crippen LogP contribution in [0.2, 0.25) is 0 Å². The van der Waals surface area contributed by atoms with Gasteiger partial charge in [0.15, 0.2) is 0 Å². The van der Waals surface area contributed by atoms with Crippen LogP contribution < -0.4 is 5.32 Å². The van der Waals surface area contributed by atoms with Gasteiger partial charge in [-0.25, -0.2) is 0 Å². The van der Waals surface area contributed by atoms with Gasteiger partial charge in [0.2, 0.25) is 0 Å². The van der Waals surface area contributed by atoms with Gasteiger partial charge in [-0.05, 0) is 30.5 Å². The van der Waals surface area contributed by atoms with Crippen LogP contribution in [0.1, 0.15) is 43.4 Å². The Balaban J connectivity index is 2.19. The van der Waals surface area contributed by atoms with Crippen LogP contribution in [-0.4, -0.2) is 31.1 Å². The van der Waals surface area contributed by atoms with Crippen LogP contribution in [0.4, 0.5) is 0 Å². The zero-order chi connectivity index (χ0) is 13.7. The van der Waals surface area contributed by atoms with Crippen molar-refractivity contribution in [3.63, 3.8) is 0 Å². The average molecular weight is 325 g/mol. The van der Waals surface area contributed by atoms with Crippen LogP contribution in [-0.2, 0) is 0 Å². The molecule has 2 rings (SSSR count). The average Bonchev–Trinajstić information content (AvgIpc) is 2.42. The van der Waals surface area contributed by atoms with E-state index in [-0.39, 0.29) is 0 Å². The summed E-state index contributed by atoms with van der Waals surface area (Å²) < 4.78 is 1.27. The molecule has 1 atom stereocenters. The molecule has 106 valence electrons. The van der Waals surface area contributed by atoms with Gasteiger partial charge in [-0.3, -0.25) is 4.90 Å². The molecule has 0 unspecified atom stereocenters. The van der Waals surface area contributed by atoms with E-state index in [0.717, 1.165) is 26.2 Å². The van der Waals surface area contributed by atoms with Crippen LogP contribution in [0.25, 0.3) is 0 Å². The smallest absolute Gasteiger partial charge is 0.0360 e. The Morgan fingerprint density at radius 3 is 2.68 bits per heavy atom.